The molecular weight excluding hydrogens is 336 g/mol. The van der Waals surface area contributed by atoms with E-state index in [0.29, 0.717) is 25.6 Å². The lowest BCUT2D eigenvalue weighted by atomic mass is 9.52. The number of hydrogen-bond donors (Lipinski definition) is 1. The number of carbonyl (C=O) groups is 1. The smallest absolute Gasteiger partial charge is 0.342 e. The zero-order valence-corrected chi connectivity index (χ0v) is 15.9. The van der Waals surface area contributed by atoms with E-state index in [2.05, 4.69) is 20.8 Å². The van der Waals surface area contributed by atoms with E-state index in [1.54, 1.807) is 0 Å². The number of ether oxygens (including phenoxy) is 4. The van der Waals surface area contributed by atoms with Crippen molar-refractivity contribution in [1.29, 1.82) is 0 Å². The van der Waals surface area contributed by atoms with Crippen LogP contribution in [0.2, 0.25) is 0 Å². The maximum atomic E-state index is 13.3. The number of rotatable bonds is 0. The van der Waals surface area contributed by atoms with Crippen LogP contribution in [-0.2, 0) is 23.7 Å². The Kier molecular flexibility index (Phi) is 2.61. The summed E-state index contributed by atoms with van der Waals surface area (Å²) in [5.41, 5.74) is -3.51. The summed E-state index contributed by atoms with van der Waals surface area (Å²) in [4.78, 5) is 13.3. The van der Waals surface area contributed by atoms with Gasteiger partial charge < -0.3 is 24.1 Å². The second kappa shape index (κ2) is 4.17. The van der Waals surface area contributed by atoms with Gasteiger partial charge in [0, 0.05) is 11.3 Å². The third kappa shape index (κ3) is 1.20. The molecule has 5 unspecified atom stereocenters. The molecule has 26 heavy (non-hydrogen) atoms. The summed E-state index contributed by atoms with van der Waals surface area (Å²) in [5.74, 6) is -0.266. The third-order valence-corrected chi connectivity index (χ3v) is 9.01. The van der Waals surface area contributed by atoms with E-state index in [0.717, 1.165) is 12.8 Å². The molecule has 6 heteroatoms. The van der Waals surface area contributed by atoms with Crippen LogP contribution >= 0.6 is 0 Å². The Morgan fingerprint density at radius 3 is 2.69 bits per heavy atom. The van der Waals surface area contributed by atoms with E-state index in [1.807, 2.05) is 6.92 Å². The van der Waals surface area contributed by atoms with Gasteiger partial charge in [-0.15, -0.1) is 0 Å². The number of fused-ring (bicyclic) bond motifs is 1. The summed E-state index contributed by atoms with van der Waals surface area (Å²) in [6.45, 7) is 9.80. The van der Waals surface area contributed by atoms with E-state index in [9.17, 15) is 9.90 Å². The van der Waals surface area contributed by atoms with Crippen molar-refractivity contribution in [2.45, 2.75) is 76.7 Å². The highest BCUT2D eigenvalue weighted by Gasteiger charge is 2.97. The van der Waals surface area contributed by atoms with Crippen molar-refractivity contribution in [3.63, 3.8) is 0 Å². The lowest BCUT2D eigenvalue weighted by molar-refractivity contribution is -0.239. The van der Waals surface area contributed by atoms with Gasteiger partial charge in [-0.25, -0.2) is 4.79 Å². The molecule has 4 saturated heterocycles. The predicted octanol–water partition coefficient (Wildman–Crippen LogP) is 1.64. The highest BCUT2D eigenvalue weighted by molar-refractivity contribution is 5.88. The summed E-state index contributed by atoms with van der Waals surface area (Å²) in [6, 6.07) is 0. The zero-order chi connectivity index (χ0) is 18.3. The fourth-order valence-corrected chi connectivity index (χ4v) is 8.28. The first-order valence-corrected chi connectivity index (χ1v) is 10.0. The van der Waals surface area contributed by atoms with Gasteiger partial charge in [-0.05, 0) is 30.6 Å². The summed E-state index contributed by atoms with van der Waals surface area (Å²) >= 11 is 0. The quantitative estimate of drug-likeness (QED) is 0.659. The molecule has 6 aliphatic rings. The normalized spacial score (nSPS) is 62.2. The van der Waals surface area contributed by atoms with Gasteiger partial charge in [0.1, 0.15) is 11.7 Å². The van der Waals surface area contributed by atoms with Crippen molar-refractivity contribution in [2.24, 2.45) is 28.1 Å². The van der Waals surface area contributed by atoms with Crippen molar-refractivity contribution in [3.05, 3.63) is 0 Å². The maximum absolute atomic E-state index is 13.3. The lowest BCUT2D eigenvalue weighted by Gasteiger charge is -2.46. The fourth-order valence-electron chi connectivity index (χ4n) is 8.28. The van der Waals surface area contributed by atoms with E-state index < -0.39 is 28.9 Å². The first kappa shape index (κ1) is 16.3. The average Bonchev–Trinajstić information content (AvgIpc) is 3.28. The van der Waals surface area contributed by atoms with Gasteiger partial charge in [0.05, 0.1) is 24.7 Å². The molecule has 0 bridgehead atoms. The van der Waals surface area contributed by atoms with Gasteiger partial charge in [-0.1, -0.05) is 27.7 Å². The summed E-state index contributed by atoms with van der Waals surface area (Å²) in [6.07, 6.45) is 1.25. The van der Waals surface area contributed by atoms with Crippen LogP contribution in [0, 0.1) is 28.1 Å². The zero-order valence-electron chi connectivity index (χ0n) is 15.9. The monoisotopic (exact) mass is 364 g/mol. The number of esters is 1. The van der Waals surface area contributed by atoms with Crippen LogP contribution in [0.4, 0.5) is 0 Å². The number of aliphatic hydroxyl groups is 1. The lowest BCUT2D eigenvalue weighted by Crippen LogP contribution is -2.65. The molecule has 0 aromatic carbocycles. The molecule has 144 valence electrons. The summed E-state index contributed by atoms with van der Waals surface area (Å²) in [7, 11) is 0. The standard InChI is InChI=1S/C20H28O6/c1-10-9-24-13-8-18-12-7-11(16(2,3)4)17(18)5-6-23-15(17)26-20(18,14(21)25-12)19(10,13)22/h10-13,15,22H,5-9H2,1-4H3/t10-,11+,12?,13?,15?,17?,18?,19-,20-/m1/s1. The Hall–Kier alpha value is -0.690. The molecule has 6 fully saturated rings. The second-order valence-corrected chi connectivity index (χ2v) is 10.6. The minimum Gasteiger partial charge on any atom is -0.459 e. The van der Waals surface area contributed by atoms with Crippen molar-refractivity contribution >= 4 is 5.97 Å². The molecule has 2 saturated carbocycles. The minimum absolute atomic E-state index is 0.0314. The van der Waals surface area contributed by atoms with Crippen LogP contribution < -0.4 is 0 Å². The van der Waals surface area contributed by atoms with Gasteiger partial charge in [-0.2, -0.15) is 0 Å². The van der Waals surface area contributed by atoms with Crippen LogP contribution in [-0.4, -0.2) is 54.0 Å². The molecule has 0 aromatic heterocycles. The molecule has 1 N–H and O–H groups in total. The molecule has 0 radical (unpaired) electrons. The molecule has 2 spiro atoms. The molecule has 0 aromatic rings. The van der Waals surface area contributed by atoms with Gasteiger partial charge in [0.25, 0.3) is 0 Å². The first-order chi connectivity index (χ1) is 12.2. The highest BCUT2D eigenvalue weighted by Crippen LogP contribution is 2.84. The van der Waals surface area contributed by atoms with E-state index in [1.165, 1.54) is 0 Å². The minimum atomic E-state index is -1.35. The molecule has 9 atom stereocenters. The van der Waals surface area contributed by atoms with Gasteiger partial charge in [-0.3, -0.25) is 0 Å². The number of carbonyl (C=O) groups excluding carboxylic acids is 1. The topological polar surface area (TPSA) is 74.2 Å². The summed E-state index contributed by atoms with van der Waals surface area (Å²) < 4.78 is 24.6. The van der Waals surface area contributed by atoms with Crippen molar-refractivity contribution < 1.29 is 28.8 Å². The molecule has 4 aliphatic heterocycles. The van der Waals surface area contributed by atoms with Crippen molar-refractivity contribution in [1.82, 2.24) is 0 Å². The average molecular weight is 364 g/mol. The molecular formula is C20H28O6. The molecule has 2 aliphatic carbocycles. The van der Waals surface area contributed by atoms with E-state index in [4.69, 9.17) is 18.9 Å². The van der Waals surface area contributed by atoms with Gasteiger partial charge in [0.15, 0.2) is 6.29 Å². The predicted molar refractivity (Wildman–Crippen MR) is 89.0 cm³/mol. The molecule has 0 amide bonds. The van der Waals surface area contributed by atoms with Gasteiger partial charge >= 0.3 is 5.97 Å². The maximum Gasteiger partial charge on any atom is 0.342 e. The first-order valence-electron chi connectivity index (χ1n) is 10.0. The van der Waals surface area contributed by atoms with Crippen molar-refractivity contribution in [2.75, 3.05) is 13.2 Å². The van der Waals surface area contributed by atoms with Crippen LogP contribution in [0.25, 0.3) is 0 Å². The van der Waals surface area contributed by atoms with Gasteiger partial charge in [0.2, 0.25) is 5.60 Å². The van der Waals surface area contributed by atoms with Crippen LogP contribution in [0.1, 0.15) is 47.0 Å². The van der Waals surface area contributed by atoms with Crippen LogP contribution in [0.3, 0.4) is 0 Å². The molecule has 6 nitrogen and oxygen atoms in total. The Balaban J connectivity index is 1.65. The SMILES string of the molecule is C[C@@H]1COC2CC34C5C[C@@H](C(C)(C)C)C36CCOC6O[C@@]4(C(=O)O5)[C@]21O. The fraction of sp³-hybridized carbons (Fsp3) is 0.950. The van der Waals surface area contributed by atoms with E-state index >= 15 is 0 Å². The van der Waals surface area contributed by atoms with Crippen LogP contribution in [0.15, 0.2) is 0 Å². The third-order valence-electron chi connectivity index (χ3n) is 9.01. The number of hydrogen-bond acceptors (Lipinski definition) is 6. The summed E-state index contributed by atoms with van der Waals surface area (Å²) in [5, 5.41) is 11.9. The Labute approximate surface area is 153 Å². The molecule has 6 rings (SSSR count). The van der Waals surface area contributed by atoms with E-state index in [-0.39, 0.29) is 29.0 Å². The Morgan fingerprint density at radius 2 is 1.96 bits per heavy atom. The molecule has 4 heterocycles. The second-order valence-electron chi connectivity index (χ2n) is 10.6. The van der Waals surface area contributed by atoms with Crippen molar-refractivity contribution in [3.8, 4) is 0 Å². The Bertz CT molecular complexity index is 716. The Morgan fingerprint density at radius 1 is 1.19 bits per heavy atom. The largest absolute Gasteiger partial charge is 0.459 e. The van der Waals surface area contributed by atoms with Crippen LogP contribution in [0.5, 0.6) is 0 Å². The highest BCUT2D eigenvalue weighted by atomic mass is 16.7.